The van der Waals surface area contributed by atoms with Crippen molar-refractivity contribution in [2.24, 2.45) is 0 Å². The molecule has 130 valence electrons. The molecule has 2 rings (SSSR count). The van der Waals surface area contributed by atoms with E-state index in [0.29, 0.717) is 0 Å². The Balaban J connectivity index is 1.92. The molecule has 0 amide bonds. The van der Waals surface area contributed by atoms with Crippen molar-refractivity contribution in [3.05, 3.63) is 47.0 Å². The Bertz CT molecular complexity index is 738. The maximum absolute atomic E-state index is 10.6. The normalized spacial score (nSPS) is 15.0. The van der Waals surface area contributed by atoms with Crippen LogP contribution in [0.25, 0.3) is 10.1 Å². The largest absolute Gasteiger partial charge is 0.490 e. The number of aliphatic hydroxyl groups is 3. The van der Waals surface area contributed by atoms with Crippen molar-refractivity contribution < 1.29 is 30.0 Å². The average molecular weight is 352 g/mol. The molecule has 7 heteroatoms. The minimum Gasteiger partial charge on any atom is -0.490 e. The number of hydrogen-bond donors (Lipinski definition) is 4. The number of carbonyl (C=O) groups is 1. The average Bonchev–Trinajstić information content (AvgIpc) is 2.93. The quantitative estimate of drug-likeness (QED) is 0.540. The van der Waals surface area contributed by atoms with E-state index in [0.717, 1.165) is 20.5 Å². The first-order chi connectivity index (χ1) is 11.3. The number of thiophene rings is 1. The third-order valence-electron chi connectivity index (χ3n) is 3.57. The molecule has 6 nitrogen and oxygen atoms in total. The Labute approximate surface area is 143 Å². The lowest BCUT2D eigenvalue weighted by Crippen LogP contribution is -2.34. The van der Waals surface area contributed by atoms with Crippen LogP contribution in [0.4, 0.5) is 0 Å². The van der Waals surface area contributed by atoms with Gasteiger partial charge in [-0.2, -0.15) is 0 Å². The molecule has 2 aromatic rings. The second-order valence-electron chi connectivity index (χ2n) is 5.61. The molecule has 0 fully saturated rings. The van der Waals surface area contributed by atoms with Gasteiger partial charge in [0.15, 0.2) is 6.10 Å². The van der Waals surface area contributed by atoms with Crippen LogP contribution >= 0.6 is 11.3 Å². The number of aliphatic hydroxyl groups excluding tert-OH is 3. The summed E-state index contributed by atoms with van der Waals surface area (Å²) in [6, 6.07) is 8.10. The number of ether oxygens (including phenoxy) is 1. The number of carboxylic acids is 1. The molecule has 0 aliphatic heterocycles. The van der Waals surface area contributed by atoms with Gasteiger partial charge in [-0.15, -0.1) is 11.3 Å². The smallest absolute Gasteiger partial charge is 0.332 e. The summed E-state index contributed by atoms with van der Waals surface area (Å²) in [5.41, 5.74) is 1.16. The number of fused-ring (bicyclic) bond motifs is 1. The van der Waals surface area contributed by atoms with Gasteiger partial charge in [0.2, 0.25) is 0 Å². The number of aryl methyl sites for hydroxylation is 1. The van der Waals surface area contributed by atoms with Crippen molar-refractivity contribution in [2.45, 2.75) is 38.3 Å². The highest BCUT2D eigenvalue weighted by Crippen LogP contribution is 2.27. The zero-order valence-corrected chi connectivity index (χ0v) is 14.0. The van der Waals surface area contributed by atoms with Crippen LogP contribution < -0.4 is 0 Å². The van der Waals surface area contributed by atoms with Crippen molar-refractivity contribution in [3.8, 4) is 0 Å². The van der Waals surface area contributed by atoms with Crippen LogP contribution in [0.1, 0.15) is 16.9 Å². The first-order valence-corrected chi connectivity index (χ1v) is 8.17. The Morgan fingerprint density at radius 1 is 1.29 bits per heavy atom. The number of rotatable bonds is 8. The second kappa shape index (κ2) is 7.76. The predicted molar refractivity (Wildman–Crippen MR) is 90.8 cm³/mol. The molecule has 1 heterocycles. The lowest BCUT2D eigenvalue weighted by Gasteiger charge is -2.21. The highest BCUT2D eigenvalue weighted by molar-refractivity contribution is 7.19. The van der Waals surface area contributed by atoms with Crippen LogP contribution in [0.15, 0.2) is 36.6 Å². The topological polar surface area (TPSA) is 107 Å². The summed E-state index contributed by atoms with van der Waals surface area (Å²) in [4.78, 5) is 11.5. The Morgan fingerprint density at radius 3 is 2.67 bits per heavy atom. The highest BCUT2D eigenvalue weighted by Gasteiger charge is 2.26. The summed E-state index contributed by atoms with van der Waals surface area (Å²) in [7, 11) is 0. The van der Waals surface area contributed by atoms with E-state index >= 15 is 0 Å². The Kier molecular flexibility index (Phi) is 5.95. The van der Waals surface area contributed by atoms with E-state index in [-0.39, 0.29) is 12.4 Å². The maximum Gasteiger partial charge on any atom is 0.332 e. The minimum atomic E-state index is -1.76. The van der Waals surface area contributed by atoms with Crippen molar-refractivity contribution in [3.63, 3.8) is 0 Å². The maximum atomic E-state index is 10.6. The van der Waals surface area contributed by atoms with Gasteiger partial charge < -0.3 is 25.2 Å². The van der Waals surface area contributed by atoms with Gasteiger partial charge in [-0.1, -0.05) is 24.3 Å². The highest BCUT2D eigenvalue weighted by atomic mass is 32.1. The van der Waals surface area contributed by atoms with Gasteiger partial charge in [0, 0.05) is 16.0 Å². The van der Waals surface area contributed by atoms with E-state index in [4.69, 9.17) is 9.84 Å². The number of carboxylic acid groups (broad SMARTS) is 1. The van der Waals surface area contributed by atoms with Crippen molar-refractivity contribution in [2.75, 3.05) is 0 Å². The lowest BCUT2D eigenvalue weighted by molar-refractivity contribution is -0.149. The second-order valence-corrected chi connectivity index (χ2v) is 6.78. The summed E-state index contributed by atoms with van der Waals surface area (Å²) in [5, 5.41) is 38.5. The molecule has 0 saturated carbocycles. The van der Waals surface area contributed by atoms with Gasteiger partial charge in [0.25, 0.3) is 0 Å². The molecule has 0 bridgehead atoms. The first-order valence-electron chi connectivity index (χ1n) is 7.35. The zero-order chi connectivity index (χ0) is 17.9. The van der Waals surface area contributed by atoms with E-state index in [2.05, 4.69) is 12.6 Å². The summed E-state index contributed by atoms with van der Waals surface area (Å²) in [6.07, 6.45) is -5.22. The molecule has 1 unspecified atom stereocenters. The molecular formula is C17H20O6S. The summed E-state index contributed by atoms with van der Waals surface area (Å²) in [6.45, 7) is 5.75. The van der Waals surface area contributed by atoms with Gasteiger partial charge in [-0.3, -0.25) is 0 Å². The molecule has 3 atom stereocenters. The zero-order valence-electron chi connectivity index (χ0n) is 13.2. The molecule has 0 aliphatic rings. The van der Waals surface area contributed by atoms with Gasteiger partial charge in [0.1, 0.15) is 18.5 Å². The van der Waals surface area contributed by atoms with Crippen molar-refractivity contribution in [1.82, 2.24) is 0 Å². The standard InChI is InChI=1S/C17H20O6S/c1-9-3-4-15-11(5-9)6-12(24-15)8-23-10(2)16(20)13(18)7-14(19)17(21)22/h3-6,13-14,16,18-20H,2,7-8H2,1H3,(H,21,22)/t13?,14-,16+/m0/s1. The fourth-order valence-electron chi connectivity index (χ4n) is 2.21. The van der Waals surface area contributed by atoms with E-state index < -0.39 is 30.7 Å². The molecule has 24 heavy (non-hydrogen) atoms. The van der Waals surface area contributed by atoms with E-state index in [1.54, 1.807) is 11.3 Å². The SMILES string of the molecule is C=C(OCc1cc2cc(C)ccc2s1)[C@@H](O)C(O)C[C@H](O)C(=O)O. The molecule has 1 aromatic heterocycles. The number of hydrogen-bond acceptors (Lipinski definition) is 6. The molecule has 0 spiro atoms. The number of aliphatic carboxylic acids is 1. The summed E-state index contributed by atoms with van der Waals surface area (Å²) < 4.78 is 6.51. The van der Waals surface area contributed by atoms with E-state index in [1.165, 1.54) is 0 Å². The summed E-state index contributed by atoms with van der Waals surface area (Å²) in [5.74, 6) is -1.54. The molecule has 0 saturated heterocycles. The molecule has 1 aromatic carbocycles. The third kappa shape index (κ3) is 4.55. The summed E-state index contributed by atoms with van der Waals surface area (Å²) >= 11 is 1.55. The van der Waals surface area contributed by atoms with Gasteiger partial charge in [0.05, 0.1) is 6.10 Å². The Morgan fingerprint density at radius 2 is 2.00 bits per heavy atom. The van der Waals surface area contributed by atoms with Crippen LogP contribution in [-0.4, -0.2) is 44.7 Å². The monoisotopic (exact) mass is 352 g/mol. The fraction of sp³-hybridized carbons (Fsp3) is 0.353. The van der Waals surface area contributed by atoms with Gasteiger partial charge in [-0.05, 0) is 24.4 Å². The minimum absolute atomic E-state index is 0.0753. The third-order valence-corrected chi connectivity index (χ3v) is 4.66. The first kappa shape index (κ1) is 18.4. The van der Waals surface area contributed by atoms with Crippen LogP contribution in [0.5, 0.6) is 0 Å². The fourth-order valence-corrected chi connectivity index (χ4v) is 3.17. The van der Waals surface area contributed by atoms with Crippen LogP contribution in [-0.2, 0) is 16.1 Å². The van der Waals surface area contributed by atoms with Crippen LogP contribution in [0.3, 0.4) is 0 Å². The van der Waals surface area contributed by atoms with Gasteiger partial charge >= 0.3 is 5.97 Å². The van der Waals surface area contributed by atoms with Crippen molar-refractivity contribution in [1.29, 1.82) is 0 Å². The predicted octanol–water partition coefficient (Wildman–Crippen LogP) is 1.80. The van der Waals surface area contributed by atoms with Gasteiger partial charge in [-0.25, -0.2) is 4.79 Å². The molecular weight excluding hydrogens is 332 g/mol. The van der Waals surface area contributed by atoms with E-state index in [1.807, 2.05) is 25.1 Å². The lowest BCUT2D eigenvalue weighted by atomic mass is 10.1. The van der Waals surface area contributed by atoms with Crippen LogP contribution in [0.2, 0.25) is 0 Å². The molecule has 0 radical (unpaired) electrons. The van der Waals surface area contributed by atoms with Crippen molar-refractivity contribution >= 4 is 27.4 Å². The van der Waals surface area contributed by atoms with Crippen LogP contribution in [0, 0.1) is 6.92 Å². The number of benzene rings is 1. The molecule has 0 aliphatic carbocycles. The van der Waals surface area contributed by atoms with E-state index in [9.17, 15) is 20.1 Å². The Hall–Kier alpha value is -1.93. The molecule has 4 N–H and O–H groups in total.